The fraction of sp³-hybridized carbons (Fsp3) is 0.273. The molecule has 0 bridgehead atoms. The molecule has 0 radical (unpaired) electrons. The number of rotatable bonds is 6. The van der Waals surface area contributed by atoms with Gasteiger partial charge in [-0.1, -0.05) is 25.1 Å². The van der Waals surface area contributed by atoms with E-state index in [9.17, 15) is 4.79 Å². The summed E-state index contributed by atoms with van der Waals surface area (Å²) in [5.41, 5.74) is 3.07. The summed E-state index contributed by atoms with van der Waals surface area (Å²) in [5, 5.41) is 0. The topological polar surface area (TPSA) is 45.1 Å². The number of esters is 1. The summed E-state index contributed by atoms with van der Waals surface area (Å²) in [7, 11) is 0. The molecule has 0 atom stereocenters. The van der Waals surface area contributed by atoms with Gasteiger partial charge in [0.05, 0.1) is 17.1 Å². The largest absolute Gasteiger partial charge is 0.426 e. The maximum absolute atomic E-state index is 11.6. The highest BCUT2D eigenvalue weighted by atomic mass is 16.5. The lowest BCUT2D eigenvalue weighted by Crippen LogP contribution is -2.28. The molecule has 1 heterocycles. The van der Waals surface area contributed by atoms with Crippen molar-refractivity contribution in [1.29, 1.82) is 0 Å². The number of fused-ring (bicyclic) bond motifs is 1. The van der Waals surface area contributed by atoms with Crippen LogP contribution in [0.5, 0.6) is 5.75 Å². The van der Waals surface area contributed by atoms with Gasteiger partial charge in [-0.05, 0) is 44.2 Å². The lowest BCUT2D eigenvalue weighted by Gasteiger charge is -2.22. The molecule has 0 unspecified atom stereocenters. The molecule has 1 aliphatic rings. The van der Waals surface area contributed by atoms with Crippen molar-refractivity contribution < 1.29 is 9.53 Å². The van der Waals surface area contributed by atoms with Crippen LogP contribution < -0.4 is 14.5 Å². The van der Waals surface area contributed by atoms with Crippen LogP contribution in [0, 0.1) is 0 Å². The van der Waals surface area contributed by atoms with Crippen LogP contribution in [0.4, 0.5) is 17.1 Å². The molecule has 5 heteroatoms. The second-order valence-corrected chi connectivity index (χ2v) is 6.11. The van der Waals surface area contributed by atoms with Gasteiger partial charge in [-0.15, -0.1) is 0 Å². The average Bonchev–Trinajstić information content (AvgIpc) is 3.00. The minimum absolute atomic E-state index is 0.228. The van der Waals surface area contributed by atoms with Crippen LogP contribution >= 0.6 is 0 Å². The number of hydrogen-bond donors (Lipinski definition) is 0. The van der Waals surface area contributed by atoms with E-state index in [0.29, 0.717) is 12.2 Å². The molecule has 2 aromatic carbocycles. The second kappa shape index (κ2) is 8.54. The van der Waals surface area contributed by atoms with Crippen molar-refractivity contribution in [1.82, 2.24) is 0 Å². The third-order valence-corrected chi connectivity index (χ3v) is 4.44. The summed E-state index contributed by atoms with van der Waals surface area (Å²) in [6.07, 6.45) is 4.22. The van der Waals surface area contributed by atoms with Gasteiger partial charge in [0.2, 0.25) is 0 Å². The van der Waals surface area contributed by atoms with Gasteiger partial charge >= 0.3 is 5.97 Å². The Kier molecular flexibility index (Phi) is 5.91. The summed E-state index contributed by atoms with van der Waals surface area (Å²) in [5.74, 6) is 1.41. The molecule has 0 saturated carbocycles. The summed E-state index contributed by atoms with van der Waals surface area (Å²) in [4.78, 5) is 20.6. The van der Waals surface area contributed by atoms with Crippen molar-refractivity contribution >= 4 is 29.2 Å². The number of carbonyl (C=O) groups excluding carboxylic acids is 1. The molecule has 140 valence electrons. The Morgan fingerprint density at radius 1 is 1.00 bits per heavy atom. The minimum atomic E-state index is -0.228. The molecule has 0 amide bonds. The molecule has 3 rings (SSSR count). The number of hydrogen-bond acceptors (Lipinski definition) is 5. The van der Waals surface area contributed by atoms with E-state index in [1.165, 1.54) is 0 Å². The summed E-state index contributed by atoms with van der Waals surface area (Å²) in [6.45, 7) is 7.66. The molecule has 1 aliphatic heterocycles. The summed E-state index contributed by atoms with van der Waals surface area (Å²) >= 11 is 0. The van der Waals surface area contributed by atoms with Gasteiger partial charge in [-0.3, -0.25) is 9.79 Å². The molecule has 0 spiro atoms. The Morgan fingerprint density at radius 2 is 1.70 bits per heavy atom. The second-order valence-electron chi connectivity index (χ2n) is 6.11. The van der Waals surface area contributed by atoms with Gasteiger partial charge in [0, 0.05) is 31.8 Å². The number of anilines is 2. The molecule has 2 aromatic rings. The predicted molar refractivity (Wildman–Crippen MR) is 111 cm³/mol. The van der Waals surface area contributed by atoms with E-state index in [1.807, 2.05) is 60.8 Å². The van der Waals surface area contributed by atoms with Crippen molar-refractivity contribution in [2.75, 3.05) is 22.9 Å². The molecule has 27 heavy (non-hydrogen) atoms. The maximum Gasteiger partial charge on any atom is 0.310 e. The lowest BCUT2D eigenvalue weighted by molar-refractivity contribution is -0.134. The van der Waals surface area contributed by atoms with E-state index in [1.54, 1.807) is 6.92 Å². The van der Waals surface area contributed by atoms with E-state index in [2.05, 4.69) is 28.6 Å². The Morgan fingerprint density at radius 3 is 2.37 bits per heavy atom. The predicted octanol–water partition coefficient (Wildman–Crippen LogP) is 4.91. The first-order valence-corrected chi connectivity index (χ1v) is 9.37. The molecule has 0 fully saturated rings. The normalized spacial score (nSPS) is 14.9. The Balaban J connectivity index is 1.91. The van der Waals surface area contributed by atoms with Gasteiger partial charge in [0.25, 0.3) is 0 Å². The zero-order valence-electron chi connectivity index (χ0n) is 16.1. The fourth-order valence-electron chi connectivity index (χ4n) is 3.16. The average molecular weight is 363 g/mol. The van der Waals surface area contributed by atoms with E-state index in [0.717, 1.165) is 36.0 Å². The number of ether oxygens (including phenoxy) is 1. The first-order chi connectivity index (χ1) is 13.2. The molecule has 0 saturated heterocycles. The highest BCUT2D eigenvalue weighted by molar-refractivity contribution is 5.88. The number of allylic oxidation sites excluding steroid dienone is 1. The van der Waals surface area contributed by atoms with Crippen molar-refractivity contribution in [3.8, 4) is 5.75 Å². The first kappa shape index (κ1) is 18.7. The van der Waals surface area contributed by atoms with Crippen molar-refractivity contribution in [2.24, 2.45) is 4.99 Å². The van der Waals surface area contributed by atoms with Crippen molar-refractivity contribution in [2.45, 2.75) is 27.2 Å². The van der Waals surface area contributed by atoms with Crippen LogP contribution in [0.2, 0.25) is 0 Å². The van der Waals surface area contributed by atoms with Crippen molar-refractivity contribution in [3.05, 3.63) is 60.4 Å². The van der Waals surface area contributed by atoms with Crippen LogP contribution in [0.1, 0.15) is 27.2 Å². The molecule has 0 aliphatic carbocycles. The van der Waals surface area contributed by atoms with Gasteiger partial charge in [0.1, 0.15) is 11.6 Å². The minimum Gasteiger partial charge on any atom is -0.426 e. The van der Waals surface area contributed by atoms with Crippen LogP contribution in [-0.4, -0.2) is 25.3 Å². The van der Waals surface area contributed by atoms with E-state index < -0.39 is 0 Å². The van der Waals surface area contributed by atoms with Crippen molar-refractivity contribution in [3.63, 3.8) is 0 Å². The molecule has 0 aromatic heterocycles. The van der Waals surface area contributed by atoms with E-state index in [4.69, 9.17) is 4.74 Å². The van der Waals surface area contributed by atoms with Crippen LogP contribution in [0.3, 0.4) is 0 Å². The number of para-hydroxylation sites is 1. The Hall–Kier alpha value is -3.08. The number of benzene rings is 2. The SMILES string of the molecule is CCC(=O)Oc1ccc2c(c1)N(CC)/C(=C\C=Nc1ccccc1)N2CC. The maximum atomic E-state index is 11.6. The van der Waals surface area contributed by atoms with Gasteiger partial charge < -0.3 is 14.5 Å². The zero-order valence-corrected chi connectivity index (χ0v) is 16.1. The number of carbonyl (C=O) groups is 1. The van der Waals surface area contributed by atoms with Gasteiger partial charge in [0.15, 0.2) is 0 Å². The van der Waals surface area contributed by atoms with Crippen LogP contribution in [-0.2, 0) is 4.79 Å². The lowest BCUT2D eigenvalue weighted by atomic mass is 10.2. The van der Waals surface area contributed by atoms with Gasteiger partial charge in [-0.2, -0.15) is 0 Å². The van der Waals surface area contributed by atoms with E-state index in [-0.39, 0.29) is 5.97 Å². The third-order valence-electron chi connectivity index (χ3n) is 4.44. The smallest absolute Gasteiger partial charge is 0.310 e. The molecule has 0 N–H and O–H groups in total. The molecule has 5 nitrogen and oxygen atoms in total. The summed E-state index contributed by atoms with van der Waals surface area (Å²) < 4.78 is 5.39. The highest BCUT2D eigenvalue weighted by Gasteiger charge is 2.29. The quantitative estimate of drug-likeness (QED) is 0.415. The van der Waals surface area contributed by atoms with Crippen LogP contribution in [0.15, 0.2) is 65.4 Å². The molecular formula is C22H25N3O2. The van der Waals surface area contributed by atoms with Crippen LogP contribution in [0.25, 0.3) is 0 Å². The number of aliphatic imine (C=N–C) groups is 1. The highest BCUT2D eigenvalue weighted by Crippen LogP contribution is 2.43. The summed E-state index contributed by atoms with van der Waals surface area (Å²) in [6, 6.07) is 15.7. The standard InChI is InChI=1S/C22H25N3O2/c1-4-22(26)27-18-12-13-19-20(16-18)25(6-3)21(24(19)5-2)14-15-23-17-10-8-7-9-11-17/h7-16H,4-6H2,1-3H3/b21-14-,23-15?. The number of nitrogens with zero attached hydrogens (tertiary/aromatic N) is 3. The first-order valence-electron chi connectivity index (χ1n) is 9.37. The molecular weight excluding hydrogens is 338 g/mol. The Labute approximate surface area is 160 Å². The van der Waals surface area contributed by atoms with E-state index >= 15 is 0 Å². The van der Waals surface area contributed by atoms with Gasteiger partial charge in [-0.25, -0.2) is 0 Å². The fourth-order valence-corrected chi connectivity index (χ4v) is 3.16. The zero-order chi connectivity index (χ0) is 19.2. The monoisotopic (exact) mass is 363 g/mol. The Bertz CT molecular complexity index is 859. The third kappa shape index (κ3) is 4.03.